The second-order valence-corrected chi connectivity index (χ2v) is 12.3. The fourth-order valence-electron chi connectivity index (χ4n) is 8.09. The number of amides is 1. The zero-order valence-electron chi connectivity index (χ0n) is 22.3. The molecular weight excluding hydrogens is 519 g/mol. The summed E-state index contributed by atoms with van der Waals surface area (Å²) in [6.07, 6.45) is 6.97. The fourth-order valence-corrected chi connectivity index (χ4v) is 8.09. The lowest BCUT2D eigenvalue weighted by Crippen LogP contribution is -2.57. The first kappa shape index (κ1) is 27.0. The van der Waals surface area contributed by atoms with E-state index in [1.54, 1.807) is 0 Å². The molecule has 0 bridgehead atoms. The lowest BCUT2D eigenvalue weighted by Gasteiger charge is -2.45. The number of fused-ring (bicyclic) bond motifs is 3. The molecule has 1 heterocycles. The predicted molar refractivity (Wildman–Crippen MR) is 141 cm³/mol. The number of likely N-dealkylation sites (tertiary alicyclic amines) is 1. The van der Waals surface area contributed by atoms with Crippen molar-refractivity contribution >= 4 is 17.5 Å². The predicted octanol–water partition coefficient (Wildman–Crippen LogP) is 3.12. The summed E-state index contributed by atoms with van der Waals surface area (Å²) in [5.74, 6) is -6.23. The van der Waals surface area contributed by atoms with Crippen LogP contribution < -0.4 is 5.73 Å². The minimum atomic E-state index is -2.63. The van der Waals surface area contributed by atoms with Crippen LogP contribution in [0.3, 0.4) is 0 Å². The van der Waals surface area contributed by atoms with Crippen molar-refractivity contribution in [1.82, 2.24) is 4.90 Å². The number of phenolic OH excluding ortho intramolecular Hbond substituents is 1. The minimum absolute atomic E-state index is 0.0258. The largest absolute Gasteiger partial charge is 0.511 e. The molecule has 0 aromatic heterocycles. The van der Waals surface area contributed by atoms with Gasteiger partial charge in [0.1, 0.15) is 28.7 Å². The Hall–Kier alpha value is -3.24. The Kier molecular flexibility index (Phi) is 6.53. The van der Waals surface area contributed by atoms with Gasteiger partial charge >= 0.3 is 0 Å². The average Bonchev–Trinajstić information content (AvgIpc) is 3.44. The molecule has 6 N–H and O–H groups in total. The fraction of sp³-hybridized carbons (Fsp3) is 0.567. The van der Waals surface area contributed by atoms with E-state index in [0.717, 1.165) is 31.8 Å². The normalized spacial score (nSPS) is 29.9. The van der Waals surface area contributed by atoms with Crippen molar-refractivity contribution in [3.05, 3.63) is 51.2 Å². The van der Waals surface area contributed by atoms with Crippen molar-refractivity contribution < 1.29 is 39.2 Å². The summed E-state index contributed by atoms with van der Waals surface area (Å²) in [7, 11) is 0. The van der Waals surface area contributed by atoms with E-state index < -0.39 is 63.6 Å². The molecule has 1 aromatic rings. The minimum Gasteiger partial charge on any atom is -0.511 e. The summed E-state index contributed by atoms with van der Waals surface area (Å²) < 4.78 is 15.9. The number of benzene rings is 1. The number of ketones is 2. The number of hydrogen-bond acceptors (Lipinski definition) is 8. The highest BCUT2D eigenvalue weighted by molar-refractivity contribution is 6.24. The van der Waals surface area contributed by atoms with Gasteiger partial charge in [-0.1, -0.05) is 25.7 Å². The standard InChI is InChI=1S/C30H35FN2O7/c31-25-17(13-33-7-5-15(6-8-33)14-3-1-2-4-14)11-20(34)23-19(25)10-16-9-18-12-21(35)24(29(32)39)28(38)30(18,40)27(37)22(16)26(23)36/h11,14-16,18,34-35,37,40H,1-10,12-13H2,(H2,32,39)/t16?,18-,30-/m0/s1. The third kappa shape index (κ3) is 3.98. The van der Waals surface area contributed by atoms with Crippen LogP contribution in [0.2, 0.25) is 0 Å². The second-order valence-electron chi connectivity index (χ2n) is 12.3. The Bertz CT molecular complexity index is 1370. The van der Waals surface area contributed by atoms with Crippen molar-refractivity contribution in [2.75, 3.05) is 13.1 Å². The number of piperidine rings is 1. The van der Waals surface area contributed by atoms with Crippen LogP contribution in [0.4, 0.5) is 4.39 Å². The van der Waals surface area contributed by atoms with Crippen LogP contribution in [-0.2, 0) is 22.6 Å². The number of halogens is 1. The van der Waals surface area contributed by atoms with E-state index in [-0.39, 0.29) is 36.0 Å². The highest BCUT2D eigenvalue weighted by Gasteiger charge is 2.59. The number of allylic oxidation sites excluding steroid dienone is 2. The number of carbonyl (C=O) groups excluding carboxylic acids is 3. The Balaban J connectivity index is 1.29. The molecule has 1 saturated heterocycles. The second kappa shape index (κ2) is 9.69. The van der Waals surface area contributed by atoms with E-state index in [1.165, 1.54) is 31.7 Å². The first-order valence-corrected chi connectivity index (χ1v) is 14.2. The lowest BCUT2D eigenvalue weighted by molar-refractivity contribution is -0.144. The molecule has 6 rings (SSSR count). The lowest BCUT2D eigenvalue weighted by atomic mass is 9.60. The molecular formula is C30H35FN2O7. The first-order chi connectivity index (χ1) is 19.0. The number of phenols is 1. The van der Waals surface area contributed by atoms with Crippen LogP contribution in [0.5, 0.6) is 5.75 Å². The molecule has 2 fully saturated rings. The average molecular weight is 555 g/mol. The first-order valence-electron chi connectivity index (χ1n) is 14.2. The molecule has 10 heteroatoms. The van der Waals surface area contributed by atoms with Crippen LogP contribution in [0, 0.1) is 29.5 Å². The van der Waals surface area contributed by atoms with Gasteiger partial charge in [-0.05, 0) is 62.6 Å². The summed E-state index contributed by atoms with van der Waals surface area (Å²) in [6.45, 7) is 2.00. The van der Waals surface area contributed by atoms with Gasteiger partial charge in [0.15, 0.2) is 11.4 Å². The molecule has 4 aliphatic carbocycles. The molecule has 1 saturated carbocycles. The number of aliphatic hydroxyl groups excluding tert-OH is 2. The number of rotatable bonds is 4. The summed E-state index contributed by atoms with van der Waals surface area (Å²) in [5.41, 5.74) is 1.53. The number of aliphatic hydroxyl groups is 3. The van der Waals surface area contributed by atoms with Crippen LogP contribution in [-0.4, -0.2) is 61.5 Å². The summed E-state index contributed by atoms with van der Waals surface area (Å²) in [6, 6.07) is 1.26. The molecule has 1 amide bonds. The van der Waals surface area contributed by atoms with Crippen LogP contribution in [0.25, 0.3) is 0 Å². The highest BCUT2D eigenvalue weighted by Crippen LogP contribution is 2.52. The zero-order chi connectivity index (χ0) is 28.5. The number of aromatic hydroxyl groups is 1. The Labute approximate surface area is 231 Å². The highest BCUT2D eigenvalue weighted by atomic mass is 19.1. The summed E-state index contributed by atoms with van der Waals surface area (Å²) in [4.78, 5) is 40.6. The Morgan fingerprint density at radius 1 is 1.05 bits per heavy atom. The van der Waals surface area contributed by atoms with Crippen LogP contribution in [0.1, 0.15) is 72.9 Å². The molecule has 40 heavy (non-hydrogen) atoms. The number of primary amides is 1. The van der Waals surface area contributed by atoms with Gasteiger partial charge in [0, 0.05) is 35.6 Å². The van der Waals surface area contributed by atoms with E-state index in [9.17, 15) is 34.8 Å². The van der Waals surface area contributed by atoms with Gasteiger partial charge in [-0.2, -0.15) is 0 Å². The Morgan fingerprint density at radius 2 is 1.70 bits per heavy atom. The van der Waals surface area contributed by atoms with Gasteiger partial charge in [-0.3, -0.25) is 19.3 Å². The molecule has 1 unspecified atom stereocenters. The number of Topliss-reactive ketones (excluding diaryl/α,β-unsaturated/α-hetero) is 2. The van der Waals surface area contributed by atoms with Crippen molar-refractivity contribution in [1.29, 1.82) is 0 Å². The zero-order valence-corrected chi connectivity index (χ0v) is 22.3. The van der Waals surface area contributed by atoms with E-state index in [0.29, 0.717) is 18.0 Å². The molecule has 0 radical (unpaired) electrons. The topological polar surface area (TPSA) is 161 Å². The maximum absolute atomic E-state index is 15.9. The van der Waals surface area contributed by atoms with Gasteiger partial charge in [-0.25, -0.2) is 4.39 Å². The number of nitrogens with two attached hydrogens (primary N) is 1. The van der Waals surface area contributed by atoms with Gasteiger partial charge in [0.05, 0.1) is 5.56 Å². The van der Waals surface area contributed by atoms with Crippen LogP contribution in [0.15, 0.2) is 28.7 Å². The third-order valence-corrected chi connectivity index (χ3v) is 10.2. The van der Waals surface area contributed by atoms with Crippen molar-refractivity contribution in [3.8, 4) is 5.75 Å². The van der Waals surface area contributed by atoms with Crippen molar-refractivity contribution in [3.63, 3.8) is 0 Å². The SMILES string of the molecule is NC(=O)C1=C(O)C[C@@H]2CC3Cc4c(F)c(CN5CCC(C6CCCC6)CC5)cc(O)c4C(=O)C3=C(O)[C@]2(O)C1=O. The number of nitrogens with zero attached hydrogens (tertiary/aromatic N) is 1. The van der Waals surface area contributed by atoms with Crippen molar-refractivity contribution in [2.45, 2.75) is 69.9 Å². The molecule has 0 spiro atoms. The molecule has 5 aliphatic rings. The quantitative estimate of drug-likeness (QED) is 0.355. The molecule has 9 nitrogen and oxygen atoms in total. The van der Waals surface area contributed by atoms with Gasteiger partial charge in [0.2, 0.25) is 5.78 Å². The van der Waals surface area contributed by atoms with Crippen molar-refractivity contribution in [2.24, 2.45) is 29.4 Å². The smallest absolute Gasteiger partial charge is 0.255 e. The third-order valence-electron chi connectivity index (χ3n) is 10.2. The van der Waals surface area contributed by atoms with E-state index in [4.69, 9.17) is 5.73 Å². The summed E-state index contributed by atoms with van der Waals surface area (Å²) >= 11 is 0. The Morgan fingerprint density at radius 3 is 2.35 bits per heavy atom. The van der Waals surface area contributed by atoms with Crippen LogP contribution >= 0.6 is 0 Å². The summed E-state index contributed by atoms with van der Waals surface area (Å²) in [5, 5.41) is 43.6. The monoisotopic (exact) mass is 554 g/mol. The van der Waals surface area contributed by atoms with Gasteiger partial charge < -0.3 is 26.2 Å². The maximum atomic E-state index is 15.9. The molecule has 1 aromatic carbocycles. The van der Waals surface area contributed by atoms with Gasteiger partial charge in [0.25, 0.3) is 5.91 Å². The maximum Gasteiger partial charge on any atom is 0.255 e. The van der Waals surface area contributed by atoms with E-state index in [2.05, 4.69) is 4.90 Å². The van der Waals surface area contributed by atoms with Gasteiger partial charge in [-0.15, -0.1) is 0 Å². The number of hydrogen-bond donors (Lipinski definition) is 5. The number of carbonyl (C=O) groups is 3. The molecule has 214 valence electrons. The van der Waals surface area contributed by atoms with E-state index >= 15 is 4.39 Å². The van der Waals surface area contributed by atoms with E-state index in [1.807, 2.05) is 0 Å². The molecule has 1 aliphatic heterocycles. The molecule has 3 atom stereocenters.